The Balaban J connectivity index is 1.70. The quantitative estimate of drug-likeness (QED) is 0.548. The van der Waals surface area contributed by atoms with Gasteiger partial charge in [-0.1, -0.05) is 72.8 Å². The maximum atomic E-state index is 5.24. The molecule has 2 nitrogen and oxygen atoms in total. The van der Waals surface area contributed by atoms with Crippen molar-refractivity contribution < 1.29 is 4.74 Å². The van der Waals surface area contributed by atoms with Crippen molar-refractivity contribution in [3.8, 4) is 5.75 Å². The molecular formula is C25H23NO. The van der Waals surface area contributed by atoms with Gasteiger partial charge in [-0.2, -0.15) is 0 Å². The molecule has 0 aromatic heterocycles. The van der Waals surface area contributed by atoms with Crippen molar-refractivity contribution in [3.63, 3.8) is 0 Å². The van der Waals surface area contributed by atoms with Crippen LogP contribution in [0.2, 0.25) is 0 Å². The summed E-state index contributed by atoms with van der Waals surface area (Å²) < 4.78 is 5.24. The number of allylic oxidation sites excluding steroid dienone is 2. The van der Waals surface area contributed by atoms with Gasteiger partial charge in [0.2, 0.25) is 0 Å². The first-order chi connectivity index (χ1) is 13.3. The summed E-state index contributed by atoms with van der Waals surface area (Å²) in [6.45, 7) is 0.692. The molecule has 1 aliphatic rings. The topological polar surface area (TPSA) is 21.6 Å². The summed E-state index contributed by atoms with van der Waals surface area (Å²) in [5.41, 5.74) is 7.65. The number of ether oxygens (including phenoxy) is 1. The molecule has 134 valence electrons. The number of hydrogen-bond donors (Lipinski definition) is 0. The molecule has 0 spiro atoms. The fraction of sp³-hybridized carbons (Fsp3) is 0.160. The van der Waals surface area contributed by atoms with E-state index in [0.717, 1.165) is 18.6 Å². The number of hydrogen-bond acceptors (Lipinski definition) is 2. The van der Waals surface area contributed by atoms with E-state index in [0.29, 0.717) is 6.54 Å². The largest absolute Gasteiger partial charge is 0.497 e. The van der Waals surface area contributed by atoms with Crippen LogP contribution in [0.15, 0.2) is 89.9 Å². The Labute approximate surface area is 160 Å². The van der Waals surface area contributed by atoms with Crippen LogP contribution in [0, 0.1) is 0 Å². The van der Waals surface area contributed by atoms with E-state index < -0.39 is 0 Å². The molecule has 0 amide bonds. The zero-order chi connectivity index (χ0) is 18.5. The highest BCUT2D eigenvalue weighted by atomic mass is 16.5. The van der Waals surface area contributed by atoms with Gasteiger partial charge in [-0.3, -0.25) is 4.99 Å². The molecular weight excluding hydrogens is 330 g/mol. The van der Waals surface area contributed by atoms with Gasteiger partial charge in [0.05, 0.1) is 13.7 Å². The van der Waals surface area contributed by atoms with E-state index in [9.17, 15) is 0 Å². The molecule has 0 unspecified atom stereocenters. The molecule has 1 aliphatic carbocycles. The zero-order valence-corrected chi connectivity index (χ0v) is 15.6. The number of rotatable bonds is 5. The summed E-state index contributed by atoms with van der Waals surface area (Å²) in [5, 5.41) is 0. The zero-order valence-electron chi connectivity index (χ0n) is 15.6. The molecule has 0 aliphatic heterocycles. The monoisotopic (exact) mass is 353 g/mol. The molecule has 3 aromatic carbocycles. The van der Waals surface area contributed by atoms with Crippen LogP contribution in [0.25, 0.3) is 11.1 Å². The van der Waals surface area contributed by atoms with Gasteiger partial charge in [-0.25, -0.2) is 0 Å². The van der Waals surface area contributed by atoms with E-state index in [1.165, 1.54) is 33.5 Å². The Kier molecular flexibility index (Phi) is 5.15. The Morgan fingerprint density at radius 1 is 0.741 bits per heavy atom. The van der Waals surface area contributed by atoms with Gasteiger partial charge in [0, 0.05) is 11.3 Å². The third kappa shape index (κ3) is 3.85. The molecule has 0 fully saturated rings. The van der Waals surface area contributed by atoms with Gasteiger partial charge >= 0.3 is 0 Å². The van der Waals surface area contributed by atoms with Crippen molar-refractivity contribution in [2.75, 3.05) is 7.11 Å². The average molecular weight is 353 g/mol. The van der Waals surface area contributed by atoms with Crippen LogP contribution in [0.3, 0.4) is 0 Å². The lowest BCUT2D eigenvalue weighted by molar-refractivity contribution is 0.414. The van der Waals surface area contributed by atoms with Crippen LogP contribution in [0.5, 0.6) is 5.75 Å². The van der Waals surface area contributed by atoms with E-state index in [4.69, 9.17) is 9.73 Å². The summed E-state index contributed by atoms with van der Waals surface area (Å²) in [6.07, 6.45) is 2.03. The summed E-state index contributed by atoms with van der Waals surface area (Å²) in [7, 11) is 1.69. The van der Waals surface area contributed by atoms with E-state index >= 15 is 0 Å². The molecule has 0 saturated heterocycles. The van der Waals surface area contributed by atoms with Crippen LogP contribution in [0.1, 0.15) is 29.5 Å². The van der Waals surface area contributed by atoms with Gasteiger partial charge in [-0.05, 0) is 47.2 Å². The predicted molar refractivity (Wildman–Crippen MR) is 113 cm³/mol. The third-order valence-electron chi connectivity index (χ3n) is 5.00. The highest BCUT2D eigenvalue weighted by molar-refractivity contribution is 6.33. The van der Waals surface area contributed by atoms with Gasteiger partial charge in [0.15, 0.2) is 0 Å². The van der Waals surface area contributed by atoms with Crippen LogP contribution < -0.4 is 4.74 Å². The molecule has 0 bridgehead atoms. The fourth-order valence-electron chi connectivity index (χ4n) is 3.62. The Morgan fingerprint density at radius 3 is 2.00 bits per heavy atom. The first-order valence-corrected chi connectivity index (χ1v) is 9.36. The average Bonchev–Trinajstić information content (AvgIpc) is 3.18. The predicted octanol–water partition coefficient (Wildman–Crippen LogP) is 6.04. The first-order valence-electron chi connectivity index (χ1n) is 9.36. The van der Waals surface area contributed by atoms with E-state index in [1.54, 1.807) is 7.11 Å². The molecule has 0 heterocycles. The van der Waals surface area contributed by atoms with Crippen LogP contribution in [0.4, 0.5) is 0 Å². The lowest BCUT2D eigenvalue weighted by Gasteiger charge is -2.10. The lowest BCUT2D eigenvalue weighted by Crippen LogP contribution is -1.99. The van der Waals surface area contributed by atoms with Crippen LogP contribution >= 0.6 is 0 Å². The molecule has 0 saturated carbocycles. The van der Waals surface area contributed by atoms with Crippen molar-refractivity contribution in [3.05, 3.63) is 102 Å². The second-order valence-corrected chi connectivity index (χ2v) is 6.70. The molecule has 4 rings (SSSR count). The third-order valence-corrected chi connectivity index (χ3v) is 5.00. The molecule has 2 heteroatoms. The first kappa shape index (κ1) is 17.3. The summed E-state index contributed by atoms with van der Waals surface area (Å²) in [5.74, 6) is 0.878. The molecule has 27 heavy (non-hydrogen) atoms. The Hall–Kier alpha value is -3.13. The number of aliphatic imine (C=N–C) groups is 1. The summed E-state index contributed by atoms with van der Waals surface area (Å²) in [6, 6.07) is 29.5. The molecule has 0 radical (unpaired) electrons. The molecule has 3 aromatic rings. The smallest absolute Gasteiger partial charge is 0.118 e. The van der Waals surface area contributed by atoms with Crippen LogP contribution in [-0.2, 0) is 6.54 Å². The summed E-state index contributed by atoms with van der Waals surface area (Å²) >= 11 is 0. The minimum atomic E-state index is 0.692. The van der Waals surface area contributed by atoms with Gasteiger partial charge < -0.3 is 4.74 Å². The SMILES string of the molecule is COc1ccc(CN=C2CCC(c3ccccc3)=C2c2ccccc2)cc1. The second kappa shape index (κ2) is 8.05. The minimum absolute atomic E-state index is 0.692. The van der Waals surface area contributed by atoms with E-state index in [1.807, 2.05) is 12.1 Å². The number of nitrogens with zero attached hydrogens (tertiary/aromatic N) is 1. The number of benzene rings is 3. The molecule has 0 atom stereocenters. The maximum absolute atomic E-state index is 5.24. The van der Waals surface area contributed by atoms with E-state index in [-0.39, 0.29) is 0 Å². The van der Waals surface area contributed by atoms with Crippen molar-refractivity contribution in [1.29, 1.82) is 0 Å². The second-order valence-electron chi connectivity index (χ2n) is 6.70. The molecule has 0 N–H and O–H groups in total. The van der Waals surface area contributed by atoms with Crippen molar-refractivity contribution in [1.82, 2.24) is 0 Å². The van der Waals surface area contributed by atoms with Crippen molar-refractivity contribution >= 4 is 16.9 Å². The van der Waals surface area contributed by atoms with Gasteiger partial charge in [0.25, 0.3) is 0 Å². The normalized spacial score (nSPS) is 15.4. The van der Waals surface area contributed by atoms with Crippen molar-refractivity contribution in [2.45, 2.75) is 19.4 Å². The Bertz CT molecular complexity index is 954. The Morgan fingerprint density at radius 2 is 1.37 bits per heavy atom. The van der Waals surface area contributed by atoms with Crippen LogP contribution in [-0.4, -0.2) is 12.8 Å². The fourth-order valence-corrected chi connectivity index (χ4v) is 3.62. The van der Waals surface area contributed by atoms with Gasteiger partial charge in [-0.15, -0.1) is 0 Å². The number of methoxy groups -OCH3 is 1. The summed E-state index contributed by atoms with van der Waals surface area (Å²) in [4.78, 5) is 5.00. The highest BCUT2D eigenvalue weighted by Gasteiger charge is 2.23. The van der Waals surface area contributed by atoms with Gasteiger partial charge in [0.1, 0.15) is 5.75 Å². The highest BCUT2D eigenvalue weighted by Crippen LogP contribution is 2.38. The lowest BCUT2D eigenvalue weighted by atomic mass is 9.96. The van der Waals surface area contributed by atoms with E-state index in [2.05, 4.69) is 72.8 Å². The minimum Gasteiger partial charge on any atom is -0.497 e. The maximum Gasteiger partial charge on any atom is 0.118 e. The van der Waals surface area contributed by atoms with Crippen molar-refractivity contribution in [2.24, 2.45) is 4.99 Å². The standard InChI is InChI=1S/C25H23NO/c1-27-22-14-12-19(13-15-22)18-26-24-17-16-23(20-8-4-2-5-9-20)25(24)21-10-6-3-7-11-21/h2-15H,16-18H2,1H3.